The Morgan fingerprint density at radius 1 is 1.04 bits per heavy atom. The average molecular weight is 386 g/mol. The smallest absolute Gasteiger partial charge is 0.264 e. The zero-order chi connectivity index (χ0) is 19.4. The summed E-state index contributed by atoms with van der Waals surface area (Å²) in [4.78, 5) is 31.9. The van der Waals surface area contributed by atoms with Crippen LogP contribution in [0.2, 0.25) is 0 Å². The Balaban J connectivity index is 1.58. The molecule has 0 N–H and O–H groups in total. The Bertz CT molecular complexity index is 763. The third kappa shape index (κ3) is 4.69. The predicted octanol–water partition coefficient (Wildman–Crippen LogP) is 3.26. The lowest BCUT2D eigenvalue weighted by Gasteiger charge is -2.37. The average Bonchev–Trinajstić information content (AvgIpc) is 3.21. The lowest BCUT2D eigenvalue weighted by atomic mass is 10.2. The fourth-order valence-corrected chi connectivity index (χ4v) is 3.96. The van der Waals surface area contributed by atoms with Gasteiger partial charge in [-0.3, -0.25) is 9.59 Å². The van der Waals surface area contributed by atoms with E-state index in [0.29, 0.717) is 32.7 Å². The van der Waals surface area contributed by atoms with E-state index in [4.69, 9.17) is 0 Å². The molecule has 0 spiro atoms. The SMILES string of the molecule is Cc1ccc(N(CC(=O)N2CCN(C(=O)c3cccs3)CC2)C(C)C)cc1. The molecule has 6 heteroatoms. The second kappa shape index (κ2) is 8.57. The van der Waals surface area contributed by atoms with E-state index >= 15 is 0 Å². The quantitative estimate of drug-likeness (QED) is 0.794. The van der Waals surface area contributed by atoms with Gasteiger partial charge in [0.1, 0.15) is 0 Å². The highest BCUT2D eigenvalue weighted by Gasteiger charge is 2.26. The van der Waals surface area contributed by atoms with Crippen LogP contribution < -0.4 is 4.90 Å². The second-order valence-corrected chi connectivity index (χ2v) is 8.16. The maximum absolute atomic E-state index is 12.8. The molecule has 1 aromatic heterocycles. The van der Waals surface area contributed by atoms with Gasteiger partial charge in [0.05, 0.1) is 11.4 Å². The van der Waals surface area contributed by atoms with Gasteiger partial charge >= 0.3 is 0 Å². The van der Waals surface area contributed by atoms with Crippen molar-refractivity contribution in [3.63, 3.8) is 0 Å². The Hall–Kier alpha value is -2.34. The number of benzene rings is 1. The molecule has 1 aliphatic heterocycles. The first-order valence-corrected chi connectivity index (χ1v) is 10.3. The van der Waals surface area contributed by atoms with E-state index in [-0.39, 0.29) is 17.9 Å². The molecule has 0 atom stereocenters. The minimum atomic E-state index is 0.0700. The van der Waals surface area contributed by atoms with Gasteiger partial charge in [-0.25, -0.2) is 0 Å². The third-order valence-electron chi connectivity index (χ3n) is 4.95. The molecular formula is C21H27N3O2S. The number of amides is 2. The van der Waals surface area contributed by atoms with Crippen LogP contribution in [0.4, 0.5) is 5.69 Å². The van der Waals surface area contributed by atoms with Crippen LogP contribution in [0.5, 0.6) is 0 Å². The van der Waals surface area contributed by atoms with Crippen LogP contribution in [0, 0.1) is 6.92 Å². The number of piperazine rings is 1. The van der Waals surface area contributed by atoms with E-state index < -0.39 is 0 Å². The topological polar surface area (TPSA) is 43.9 Å². The Labute approximate surface area is 165 Å². The standard InChI is InChI=1S/C21H27N3O2S/c1-16(2)24(18-8-6-17(3)7-9-18)15-20(25)22-10-12-23(13-11-22)21(26)19-5-4-14-27-19/h4-9,14,16H,10-13,15H2,1-3H3. The van der Waals surface area contributed by atoms with Crippen molar-refractivity contribution in [2.24, 2.45) is 0 Å². The molecule has 0 aliphatic carbocycles. The summed E-state index contributed by atoms with van der Waals surface area (Å²) in [5.74, 6) is 0.188. The summed E-state index contributed by atoms with van der Waals surface area (Å²) in [5.41, 5.74) is 2.27. The predicted molar refractivity (Wildman–Crippen MR) is 110 cm³/mol. The van der Waals surface area contributed by atoms with Crippen molar-refractivity contribution in [2.45, 2.75) is 26.8 Å². The minimum Gasteiger partial charge on any atom is -0.360 e. The van der Waals surface area contributed by atoms with Gasteiger partial charge in [-0.05, 0) is 44.4 Å². The molecule has 0 unspecified atom stereocenters. The van der Waals surface area contributed by atoms with Crippen LogP contribution in [0.15, 0.2) is 41.8 Å². The number of aryl methyl sites for hydroxylation is 1. The fourth-order valence-electron chi connectivity index (χ4n) is 3.27. The van der Waals surface area contributed by atoms with E-state index in [1.165, 1.54) is 16.9 Å². The van der Waals surface area contributed by atoms with Gasteiger partial charge in [0, 0.05) is 37.9 Å². The van der Waals surface area contributed by atoms with Crippen LogP contribution in [0.25, 0.3) is 0 Å². The van der Waals surface area contributed by atoms with E-state index in [9.17, 15) is 9.59 Å². The zero-order valence-electron chi connectivity index (χ0n) is 16.2. The van der Waals surface area contributed by atoms with Crippen LogP contribution in [-0.4, -0.2) is 60.4 Å². The Morgan fingerprint density at radius 3 is 2.22 bits per heavy atom. The van der Waals surface area contributed by atoms with Gasteiger partial charge in [-0.15, -0.1) is 11.3 Å². The lowest BCUT2D eigenvalue weighted by Crippen LogP contribution is -2.53. The summed E-state index contributed by atoms with van der Waals surface area (Å²) < 4.78 is 0. The first-order chi connectivity index (χ1) is 13.0. The first kappa shape index (κ1) is 19.4. The van der Waals surface area contributed by atoms with Crippen LogP contribution >= 0.6 is 11.3 Å². The highest BCUT2D eigenvalue weighted by atomic mass is 32.1. The monoisotopic (exact) mass is 385 g/mol. The van der Waals surface area contributed by atoms with Gasteiger partial charge in [0.25, 0.3) is 5.91 Å². The van der Waals surface area contributed by atoms with Crippen molar-refractivity contribution in [2.75, 3.05) is 37.6 Å². The Kier molecular flexibility index (Phi) is 6.16. The molecule has 1 aromatic carbocycles. The molecule has 2 amide bonds. The van der Waals surface area contributed by atoms with Gasteiger partial charge in [-0.2, -0.15) is 0 Å². The molecule has 5 nitrogen and oxygen atoms in total. The van der Waals surface area contributed by atoms with Gasteiger partial charge in [0.2, 0.25) is 5.91 Å². The van der Waals surface area contributed by atoms with E-state index in [1.807, 2.05) is 27.3 Å². The van der Waals surface area contributed by atoms with E-state index in [2.05, 4.69) is 49.9 Å². The van der Waals surface area contributed by atoms with Crippen LogP contribution in [0.1, 0.15) is 29.1 Å². The number of hydrogen-bond donors (Lipinski definition) is 0. The summed E-state index contributed by atoms with van der Waals surface area (Å²) in [5, 5.41) is 1.92. The summed E-state index contributed by atoms with van der Waals surface area (Å²) in [6, 6.07) is 12.3. The van der Waals surface area contributed by atoms with Crippen molar-refractivity contribution >= 4 is 28.8 Å². The number of nitrogens with zero attached hydrogens (tertiary/aromatic N) is 3. The molecule has 1 saturated heterocycles. The lowest BCUT2D eigenvalue weighted by molar-refractivity contribution is -0.131. The van der Waals surface area contributed by atoms with Gasteiger partial charge in [-0.1, -0.05) is 23.8 Å². The van der Waals surface area contributed by atoms with Crippen molar-refractivity contribution in [1.29, 1.82) is 0 Å². The fraction of sp³-hybridized carbons (Fsp3) is 0.429. The molecule has 0 radical (unpaired) electrons. The Morgan fingerprint density at radius 2 is 1.67 bits per heavy atom. The van der Waals surface area contributed by atoms with Crippen molar-refractivity contribution in [1.82, 2.24) is 9.80 Å². The maximum Gasteiger partial charge on any atom is 0.264 e. The van der Waals surface area contributed by atoms with E-state index in [1.54, 1.807) is 0 Å². The molecule has 1 fully saturated rings. The molecule has 1 aliphatic rings. The number of rotatable bonds is 5. The number of carbonyl (C=O) groups excluding carboxylic acids is 2. The van der Waals surface area contributed by atoms with Crippen molar-refractivity contribution in [3.8, 4) is 0 Å². The molecule has 27 heavy (non-hydrogen) atoms. The minimum absolute atomic E-state index is 0.0700. The van der Waals surface area contributed by atoms with Crippen molar-refractivity contribution < 1.29 is 9.59 Å². The number of thiophene rings is 1. The molecule has 144 valence electrons. The summed E-state index contributed by atoms with van der Waals surface area (Å²) in [6.45, 7) is 9.00. The van der Waals surface area contributed by atoms with Crippen LogP contribution in [0.3, 0.4) is 0 Å². The van der Waals surface area contributed by atoms with E-state index in [0.717, 1.165) is 10.6 Å². The van der Waals surface area contributed by atoms with Crippen molar-refractivity contribution in [3.05, 3.63) is 52.2 Å². The largest absolute Gasteiger partial charge is 0.360 e. The number of anilines is 1. The molecular weight excluding hydrogens is 358 g/mol. The highest BCUT2D eigenvalue weighted by Crippen LogP contribution is 2.19. The normalized spacial score (nSPS) is 14.5. The van der Waals surface area contributed by atoms with Crippen LogP contribution in [-0.2, 0) is 4.79 Å². The molecule has 0 saturated carbocycles. The zero-order valence-corrected chi connectivity index (χ0v) is 17.0. The molecule has 2 aromatic rings. The van der Waals surface area contributed by atoms with Gasteiger partial charge < -0.3 is 14.7 Å². The maximum atomic E-state index is 12.8. The first-order valence-electron chi connectivity index (χ1n) is 9.39. The third-order valence-corrected chi connectivity index (χ3v) is 5.80. The number of carbonyl (C=O) groups is 2. The summed E-state index contributed by atoms with van der Waals surface area (Å²) in [6.07, 6.45) is 0. The molecule has 3 rings (SSSR count). The number of hydrogen-bond acceptors (Lipinski definition) is 4. The van der Waals surface area contributed by atoms with Gasteiger partial charge in [0.15, 0.2) is 0 Å². The second-order valence-electron chi connectivity index (χ2n) is 7.21. The summed E-state index contributed by atoms with van der Waals surface area (Å²) >= 11 is 1.46. The highest BCUT2D eigenvalue weighted by molar-refractivity contribution is 7.12. The summed E-state index contributed by atoms with van der Waals surface area (Å²) in [7, 11) is 0. The molecule has 2 heterocycles. The molecule has 0 bridgehead atoms.